The van der Waals surface area contributed by atoms with E-state index in [1.54, 1.807) is 0 Å². The highest BCUT2D eigenvalue weighted by atomic mass is 16.4. The monoisotopic (exact) mass is 388 g/mol. The van der Waals surface area contributed by atoms with Gasteiger partial charge < -0.3 is 30.9 Å². The molecule has 0 bridgehead atoms. The fraction of sp³-hybridized carbons (Fsp3) is 0.294. The normalized spacial score (nSPS) is 14.0. The number of anilines is 2. The minimum absolute atomic E-state index is 0.163. The van der Waals surface area contributed by atoms with Crippen LogP contribution >= 0.6 is 0 Å². The predicted molar refractivity (Wildman–Crippen MR) is 102 cm³/mol. The number of nitrogen functional groups attached to an aromatic ring is 1. The van der Waals surface area contributed by atoms with Crippen LogP contribution in [0.5, 0.6) is 0 Å². The van der Waals surface area contributed by atoms with Gasteiger partial charge in [0.1, 0.15) is 11.4 Å². The van der Waals surface area contributed by atoms with Crippen LogP contribution in [0, 0.1) is 0 Å². The van der Waals surface area contributed by atoms with Crippen molar-refractivity contribution in [3.63, 3.8) is 0 Å². The van der Waals surface area contributed by atoms with Crippen LogP contribution in [-0.4, -0.2) is 58.2 Å². The summed E-state index contributed by atoms with van der Waals surface area (Å²) >= 11 is 0. The molecule has 0 saturated carbocycles. The number of nitrogens with one attached hydrogen (secondary N) is 3. The summed E-state index contributed by atoms with van der Waals surface area (Å²) in [5, 5.41) is 11.6. The van der Waals surface area contributed by atoms with E-state index in [1.165, 1.54) is 4.90 Å². The van der Waals surface area contributed by atoms with Crippen LogP contribution in [0.4, 0.5) is 16.2 Å². The van der Waals surface area contributed by atoms with Gasteiger partial charge in [-0.05, 0) is 17.7 Å². The van der Waals surface area contributed by atoms with Gasteiger partial charge in [0.2, 0.25) is 0 Å². The van der Waals surface area contributed by atoms with Crippen LogP contribution < -0.4 is 27.2 Å². The number of benzene rings is 1. The third-order valence-corrected chi connectivity index (χ3v) is 4.49. The molecule has 2 heterocycles. The maximum atomic E-state index is 12.2. The SMILES string of the molecule is Nc1c(C(=O)NCc2cccc(N3CCN(C(=O)O)CC3)c2)[nH]c(=O)[nH]c1=O. The maximum absolute atomic E-state index is 12.2. The highest BCUT2D eigenvalue weighted by Gasteiger charge is 2.20. The van der Waals surface area contributed by atoms with E-state index in [-0.39, 0.29) is 17.9 Å². The molecule has 148 valence electrons. The molecule has 1 aliphatic heterocycles. The Hall–Kier alpha value is -3.76. The Labute approximate surface area is 158 Å². The van der Waals surface area contributed by atoms with E-state index in [9.17, 15) is 19.2 Å². The van der Waals surface area contributed by atoms with Crippen LogP contribution in [0.2, 0.25) is 0 Å². The first-order valence-electron chi connectivity index (χ1n) is 8.57. The number of piperazine rings is 1. The van der Waals surface area contributed by atoms with Crippen LogP contribution in [0.25, 0.3) is 0 Å². The van der Waals surface area contributed by atoms with Gasteiger partial charge in [0.05, 0.1) is 0 Å². The second-order valence-electron chi connectivity index (χ2n) is 6.31. The maximum Gasteiger partial charge on any atom is 0.407 e. The molecule has 2 aromatic rings. The standard InChI is InChI=1S/C17H20N6O5/c18-12-13(20-16(26)21-14(12)24)15(25)19-9-10-2-1-3-11(8-10)22-4-6-23(7-5-22)17(27)28/h1-3,8H,4-7,9,18H2,(H,19,25)(H,27,28)(H2,20,21,24,26). The number of amides is 2. The summed E-state index contributed by atoms with van der Waals surface area (Å²) in [4.78, 5) is 53.7. The van der Waals surface area contributed by atoms with Gasteiger partial charge in [-0.1, -0.05) is 12.1 Å². The van der Waals surface area contributed by atoms with E-state index >= 15 is 0 Å². The average molecular weight is 388 g/mol. The number of hydrogen-bond donors (Lipinski definition) is 5. The van der Waals surface area contributed by atoms with E-state index in [0.717, 1.165) is 11.3 Å². The van der Waals surface area contributed by atoms with E-state index in [1.807, 2.05) is 29.2 Å². The molecule has 0 atom stereocenters. The molecular weight excluding hydrogens is 368 g/mol. The van der Waals surface area contributed by atoms with Crippen molar-refractivity contribution in [2.75, 3.05) is 36.8 Å². The summed E-state index contributed by atoms with van der Waals surface area (Å²) in [7, 11) is 0. The van der Waals surface area contributed by atoms with Gasteiger partial charge in [-0.2, -0.15) is 0 Å². The predicted octanol–water partition coefficient (Wildman–Crippen LogP) is -0.625. The molecule has 3 rings (SSSR count). The van der Waals surface area contributed by atoms with E-state index in [4.69, 9.17) is 10.8 Å². The van der Waals surface area contributed by atoms with Gasteiger partial charge in [-0.15, -0.1) is 0 Å². The smallest absolute Gasteiger partial charge is 0.407 e. The summed E-state index contributed by atoms with van der Waals surface area (Å²) in [6, 6.07) is 7.46. The Morgan fingerprint density at radius 2 is 1.86 bits per heavy atom. The van der Waals surface area contributed by atoms with Crippen molar-refractivity contribution in [3.8, 4) is 0 Å². The van der Waals surface area contributed by atoms with Crippen molar-refractivity contribution in [3.05, 3.63) is 56.4 Å². The van der Waals surface area contributed by atoms with Crippen molar-refractivity contribution in [2.24, 2.45) is 0 Å². The topological polar surface area (TPSA) is 165 Å². The van der Waals surface area contributed by atoms with Gasteiger partial charge in [-0.25, -0.2) is 9.59 Å². The first-order chi connectivity index (χ1) is 13.3. The largest absolute Gasteiger partial charge is 0.465 e. The molecule has 1 saturated heterocycles. The molecule has 1 aliphatic rings. The Balaban J connectivity index is 1.66. The average Bonchev–Trinajstić information content (AvgIpc) is 2.69. The van der Waals surface area contributed by atoms with Gasteiger partial charge >= 0.3 is 11.8 Å². The van der Waals surface area contributed by atoms with Gasteiger partial charge in [0, 0.05) is 38.4 Å². The Morgan fingerprint density at radius 3 is 2.54 bits per heavy atom. The van der Waals surface area contributed by atoms with Crippen LogP contribution in [-0.2, 0) is 6.54 Å². The molecule has 1 fully saturated rings. The molecule has 11 heteroatoms. The summed E-state index contributed by atoms with van der Waals surface area (Å²) in [5.41, 5.74) is 4.99. The number of H-pyrrole nitrogens is 2. The number of nitrogens with zero attached hydrogens (tertiary/aromatic N) is 2. The second-order valence-corrected chi connectivity index (χ2v) is 6.31. The molecule has 2 amide bonds. The van der Waals surface area contributed by atoms with Crippen molar-refractivity contribution in [1.29, 1.82) is 0 Å². The molecular formula is C17H20N6O5. The van der Waals surface area contributed by atoms with E-state index in [2.05, 4.69) is 15.2 Å². The number of aromatic amines is 2. The van der Waals surface area contributed by atoms with E-state index in [0.29, 0.717) is 26.2 Å². The lowest BCUT2D eigenvalue weighted by atomic mass is 10.1. The van der Waals surface area contributed by atoms with E-state index < -0.39 is 23.2 Å². The van der Waals surface area contributed by atoms with Crippen molar-refractivity contribution in [2.45, 2.75) is 6.54 Å². The molecule has 1 aromatic heterocycles. The number of rotatable bonds is 4. The van der Waals surface area contributed by atoms with Crippen molar-refractivity contribution >= 4 is 23.4 Å². The zero-order valence-electron chi connectivity index (χ0n) is 14.9. The third-order valence-electron chi connectivity index (χ3n) is 4.49. The number of aromatic nitrogens is 2. The molecule has 0 radical (unpaired) electrons. The van der Waals surface area contributed by atoms with Crippen LogP contribution in [0.3, 0.4) is 0 Å². The molecule has 0 unspecified atom stereocenters. The fourth-order valence-electron chi connectivity index (χ4n) is 2.96. The van der Waals surface area contributed by atoms with Crippen LogP contribution in [0.1, 0.15) is 16.1 Å². The Morgan fingerprint density at radius 1 is 1.14 bits per heavy atom. The fourth-order valence-corrected chi connectivity index (χ4v) is 2.96. The number of hydrogen-bond acceptors (Lipinski definition) is 6. The zero-order valence-corrected chi connectivity index (χ0v) is 14.9. The van der Waals surface area contributed by atoms with Gasteiger partial charge in [-0.3, -0.25) is 14.6 Å². The zero-order chi connectivity index (χ0) is 20.3. The quantitative estimate of drug-likeness (QED) is 0.465. The summed E-state index contributed by atoms with van der Waals surface area (Å²) in [6.07, 6.45) is -0.923. The molecule has 28 heavy (non-hydrogen) atoms. The number of carbonyl (C=O) groups excluding carboxylic acids is 1. The van der Waals surface area contributed by atoms with Crippen molar-refractivity contribution in [1.82, 2.24) is 20.2 Å². The van der Waals surface area contributed by atoms with Crippen molar-refractivity contribution < 1.29 is 14.7 Å². The molecule has 0 aliphatic carbocycles. The lowest BCUT2D eigenvalue weighted by Gasteiger charge is -2.34. The van der Waals surface area contributed by atoms with Gasteiger partial charge in [0.25, 0.3) is 11.5 Å². The minimum Gasteiger partial charge on any atom is -0.465 e. The molecule has 6 N–H and O–H groups in total. The first kappa shape index (κ1) is 19.0. The first-order valence-corrected chi connectivity index (χ1v) is 8.57. The number of carboxylic acid groups (broad SMARTS) is 1. The summed E-state index contributed by atoms with van der Waals surface area (Å²) < 4.78 is 0. The number of carbonyl (C=O) groups is 2. The molecule has 11 nitrogen and oxygen atoms in total. The Kier molecular flexibility index (Phi) is 5.34. The van der Waals surface area contributed by atoms with Gasteiger partial charge in [0.15, 0.2) is 0 Å². The minimum atomic E-state index is -0.923. The number of nitrogens with two attached hydrogens (primary N) is 1. The molecule has 0 spiro atoms. The second kappa shape index (κ2) is 7.86. The summed E-state index contributed by atoms with van der Waals surface area (Å²) in [5.74, 6) is -0.666. The lowest BCUT2D eigenvalue weighted by Crippen LogP contribution is -2.48. The highest BCUT2D eigenvalue weighted by molar-refractivity contribution is 5.96. The lowest BCUT2D eigenvalue weighted by molar-refractivity contribution is 0.0946. The summed E-state index contributed by atoms with van der Waals surface area (Å²) in [6.45, 7) is 2.16. The Bertz CT molecular complexity index is 1010. The third kappa shape index (κ3) is 4.14. The van der Waals surface area contributed by atoms with Crippen LogP contribution in [0.15, 0.2) is 33.9 Å². The molecule has 1 aromatic carbocycles. The highest BCUT2D eigenvalue weighted by Crippen LogP contribution is 2.18.